The van der Waals surface area contributed by atoms with Gasteiger partial charge in [0.25, 0.3) is 0 Å². The fourth-order valence-corrected chi connectivity index (χ4v) is 3.54. The van der Waals surface area contributed by atoms with Crippen LogP contribution >= 0.6 is 34.3 Å². The van der Waals surface area contributed by atoms with E-state index in [0.717, 1.165) is 20.9 Å². The first-order valence-corrected chi connectivity index (χ1v) is 7.94. The molecule has 1 amide bonds. The van der Waals surface area contributed by atoms with Crippen LogP contribution in [0.1, 0.15) is 10.7 Å². The van der Waals surface area contributed by atoms with Crippen LogP contribution in [0.25, 0.3) is 10.2 Å². The number of benzene rings is 1. The summed E-state index contributed by atoms with van der Waals surface area (Å²) in [5, 5.41) is 6.90. The Morgan fingerprint density at radius 1 is 1.40 bits per heavy atom. The monoisotopic (exact) mass is 323 g/mol. The Balaban J connectivity index is 1.73. The number of amides is 1. The average molecular weight is 324 g/mol. The van der Waals surface area contributed by atoms with Crippen LogP contribution in [-0.2, 0) is 11.2 Å². The van der Waals surface area contributed by atoms with Crippen molar-refractivity contribution in [3.63, 3.8) is 0 Å². The highest BCUT2D eigenvalue weighted by Crippen LogP contribution is 2.28. The molecule has 0 aliphatic carbocycles. The number of aromatic nitrogens is 2. The third kappa shape index (κ3) is 2.98. The molecule has 0 saturated carbocycles. The van der Waals surface area contributed by atoms with Crippen molar-refractivity contribution in [3.05, 3.63) is 39.3 Å². The molecule has 0 spiro atoms. The molecule has 7 heteroatoms. The van der Waals surface area contributed by atoms with E-state index in [2.05, 4.69) is 15.3 Å². The van der Waals surface area contributed by atoms with E-state index in [0.29, 0.717) is 10.2 Å². The van der Waals surface area contributed by atoms with Crippen LogP contribution in [0.3, 0.4) is 0 Å². The van der Waals surface area contributed by atoms with Crippen molar-refractivity contribution in [1.29, 1.82) is 0 Å². The van der Waals surface area contributed by atoms with Crippen LogP contribution < -0.4 is 5.32 Å². The van der Waals surface area contributed by atoms with Crippen LogP contribution in [-0.4, -0.2) is 15.9 Å². The second kappa shape index (κ2) is 5.47. The fourth-order valence-electron chi connectivity index (χ4n) is 1.77. The third-order valence-corrected chi connectivity index (χ3v) is 4.60. The molecule has 0 aliphatic rings. The maximum absolute atomic E-state index is 11.9. The van der Waals surface area contributed by atoms with Gasteiger partial charge in [-0.1, -0.05) is 22.9 Å². The average Bonchev–Trinajstić information content (AvgIpc) is 2.94. The number of carbonyl (C=O) groups is 1. The van der Waals surface area contributed by atoms with Gasteiger partial charge in [0.1, 0.15) is 0 Å². The Hall–Kier alpha value is -1.50. The van der Waals surface area contributed by atoms with Gasteiger partial charge in [0.15, 0.2) is 5.13 Å². The van der Waals surface area contributed by atoms with E-state index in [9.17, 15) is 4.79 Å². The van der Waals surface area contributed by atoms with Crippen LogP contribution in [0.15, 0.2) is 23.6 Å². The van der Waals surface area contributed by atoms with E-state index in [-0.39, 0.29) is 12.3 Å². The van der Waals surface area contributed by atoms with Gasteiger partial charge in [-0.15, -0.1) is 11.3 Å². The van der Waals surface area contributed by atoms with Crippen molar-refractivity contribution >= 4 is 55.5 Å². The predicted molar refractivity (Wildman–Crippen MR) is 83.8 cm³/mol. The third-order valence-electron chi connectivity index (χ3n) is 2.61. The van der Waals surface area contributed by atoms with Crippen molar-refractivity contribution in [2.75, 3.05) is 5.32 Å². The number of hydrogen-bond acceptors (Lipinski definition) is 5. The molecule has 0 saturated heterocycles. The molecule has 0 atom stereocenters. The number of nitrogens with one attached hydrogen (secondary N) is 1. The van der Waals surface area contributed by atoms with E-state index in [1.807, 2.05) is 24.4 Å². The van der Waals surface area contributed by atoms with Crippen molar-refractivity contribution in [2.45, 2.75) is 13.3 Å². The number of carbonyl (C=O) groups excluding carboxylic acids is 1. The summed E-state index contributed by atoms with van der Waals surface area (Å²) in [5.74, 6) is -0.111. The normalized spacial score (nSPS) is 10.9. The van der Waals surface area contributed by atoms with Gasteiger partial charge in [0.05, 0.1) is 27.3 Å². The minimum atomic E-state index is -0.111. The first-order valence-electron chi connectivity index (χ1n) is 5.87. The standard InChI is InChI=1S/C13H10ClN3OS2/c1-7-15-9(6-19-7)5-12(18)17-13-16-10-3-2-8(14)4-11(10)20-13/h2-4,6H,5H2,1H3,(H,16,17,18). The molecular weight excluding hydrogens is 314 g/mol. The second-order valence-corrected chi connectivity index (χ2v) is 6.74. The molecule has 0 radical (unpaired) electrons. The summed E-state index contributed by atoms with van der Waals surface area (Å²) in [6, 6.07) is 5.47. The van der Waals surface area contributed by atoms with Gasteiger partial charge >= 0.3 is 0 Å². The zero-order valence-electron chi connectivity index (χ0n) is 10.5. The number of anilines is 1. The maximum Gasteiger partial charge on any atom is 0.232 e. The molecule has 3 aromatic rings. The number of halogens is 1. The van der Waals surface area contributed by atoms with E-state index in [4.69, 9.17) is 11.6 Å². The Morgan fingerprint density at radius 3 is 3.00 bits per heavy atom. The Labute approximate surface area is 128 Å². The summed E-state index contributed by atoms with van der Waals surface area (Å²) in [5.41, 5.74) is 1.62. The summed E-state index contributed by atoms with van der Waals surface area (Å²) in [7, 11) is 0. The quantitative estimate of drug-likeness (QED) is 0.795. The summed E-state index contributed by atoms with van der Waals surface area (Å²) in [4.78, 5) is 20.5. The highest BCUT2D eigenvalue weighted by molar-refractivity contribution is 7.22. The lowest BCUT2D eigenvalue weighted by atomic mass is 10.3. The fraction of sp³-hybridized carbons (Fsp3) is 0.154. The van der Waals surface area contributed by atoms with Gasteiger partial charge in [-0.25, -0.2) is 9.97 Å². The van der Waals surface area contributed by atoms with Crippen LogP contribution in [0.5, 0.6) is 0 Å². The Bertz CT molecular complexity index is 781. The summed E-state index contributed by atoms with van der Waals surface area (Å²) >= 11 is 8.88. The van der Waals surface area contributed by atoms with Gasteiger partial charge in [-0.05, 0) is 25.1 Å². The minimum absolute atomic E-state index is 0.111. The number of aryl methyl sites for hydroxylation is 1. The first kappa shape index (κ1) is 13.5. The molecule has 0 fully saturated rings. The molecule has 0 aliphatic heterocycles. The van der Waals surface area contributed by atoms with E-state index in [1.165, 1.54) is 22.7 Å². The van der Waals surface area contributed by atoms with Gasteiger partial charge in [-0.3, -0.25) is 4.79 Å². The summed E-state index contributed by atoms with van der Waals surface area (Å²) in [6.07, 6.45) is 0.265. The molecule has 2 aromatic heterocycles. The van der Waals surface area contributed by atoms with E-state index >= 15 is 0 Å². The van der Waals surface area contributed by atoms with Crippen molar-refractivity contribution in [3.8, 4) is 0 Å². The van der Waals surface area contributed by atoms with E-state index < -0.39 is 0 Å². The number of hydrogen-bond donors (Lipinski definition) is 1. The minimum Gasteiger partial charge on any atom is -0.302 e. The SMILES string of the molecule is Cc1nc(CC(=O)Nc2nc3ccc(Cl)cc3s2)cs1. The highest BCUT2D eigenvalue weighted by atomic mass is 35.5. The number of nitrogens with zero attached hydrogens (tertiary/aromatic N) is 2. The van der Waals surface area contributed by atoms with E-state index in [1.54, 1.807) is 6.07 Å². The number of thiazole rings is 2. The van der Waals surface area contributed by atoms with Gasteiger partial charge in [-0.2, -0.15) is 0 Å². The number of rotatable bonds is 3. The molecule has 4 nitrogen and oxygen atoms in total. The molecule has 102 valence electrons. The van der Waals surface area contributed by atoms with Gasteiger partial charge in [0.2, 0.25) is 5.91 Å². The molecule has 3 rings (SSSR count). The second-order valence-electron chi connectivity index (χ2n) is 4.21. The summed E-state index contributed by atoms with van der Waals surface area (Å²) < 4.78 is 0.956. The smallest absolute Gasteiger partial charge is 0.232 e. The van der Waals surface area contributed by atoms with Gasteiger partial charge in [0, 0.05) is 10.4 Å². The van der Waals surface area contributed by atoms with Crippen LogP contribution in [0.4, 0.5) is 5.13 Å². The largest absolute Gasteiger partial charge is 0.302 e. The summed E-state index contributed by atoms with van der Waals surface area (Å²) in [6.45, 7) is 1.92. The number of fused-ring (bicyclic) bond motifs is 1. The van der Waals surface area contributed by atoms with Crippen LogP contribution in [0, 0.1) is 6.92 Å². The lowest BCUT2D eigenvalue weighted by Gasteiger charge is -1.98. The zero-order valence-corrected chi connectivity index (χ0v) is 12.9. The molecule has 20 heavy (non-hydrogen) atoms. The molecule has 1 aromatic carbocycles. The highest BCUT2D eigenvalue weighted by Gasteiger charge is 2.10. The lowest BCUT2D eigenvalue weighted by Crippen LogP contribution is -2.14. The van der Waals surface area contributed by atoms with Crippen molar-refractivity contribution in [2.24, 2.45) is 0 Å². The van der Waals surface area contributed by atoms with Crippen molar-refractivity contribution in [1.82, 2.24) is 9.97 Å². The van der Waals surface area contributed by atoms with Crippen LogP contribution in [0.2, 0.25) is 5.02 Å². The Morgan fingerprint density at radius 2 is 2.25 bits per heavy atom. The molecule has 0 bridgehead atoms. The molecule has 2 heterocycles. The molecule has 0 unspecified atom stereocenters. The Kier molecular flexibility index (Phi) is 3.69. The van der Waals surface area contributed by atoms with Gasteiger partial charge < -0.3 is 5.32 Å². The lowest BCUT2D eigenvalue weighted by molar-refractivity contribution is -0.115. The maximum atomic E-state index is 11.9. The molecule has 1 N–H and O–H groups in total. The van der Waals surface area contributed by atoms with Crippen molar-refractivity contribution < 1.29 is 4.79 Å². The molecular formula is C13H10ClN3OS2. The first-order chi connectivity index (χ1) is 9.60. The topological polar surface area (TPSA) is 54.9 Å². The zero-order chi connectivity index (χ0) is 14.1. The predicted octanol–water partition coefficient (Wildman–Crippen LogP) is 3.90.